The molecule has 0 aliphatic heterocycles. The van der Waals surface area contributed by atoms with Crippen LogP contribution >= 0.6 is 0 Å². The van der Waals surface area contributed by atoms with Crippen molar-refractivity contribution in [2.45, 2.75) is 0 Å². The summed E-state index contributed by atoms with van der Waals surface area (Å²) in [4.78, 5) is 8.56. The van der Waals surface area contributed by atoms with Crippen molar-refractivity contribution < 1.29 is 72.7 Å². The van der Waals surface area contributed by atoms with Gasteiger partial charge in [-0.25, -0.2) is 4.79 Å². The van der Waals surface area contributed by atoms with Gasteiger partial charge in [0.05, 0.1) is 0 Å². The normalized spacial score (nSPS) is 3.43. The smallest absolute Gasteiger partial charge is 1.00 e. The first-order valence-electron chi connectivity index (χ1n) is 0.651. The summed E-state index contributed by atoms with van der Waals surface area (Å²) in [6, 6.07) is 0. The third-order valence-electron chi connectivity index (χ3n) is 0. The summed E-state index contributed by atoms with van der Waals surface area (Å²) in [6.07, 6.45) is -1.83. The zero-order valence-electron chi connectivity index (χ0n) is 6.16. The number of rotatable bonds is 0. The Morgan fingerprint density at radius 2 is 1.29 bits per heavy atom. The van der Waals surface area contributed by atoms with Gasteiger partial charge in [0, 0.05) is 17.1 Å². The average Bonchev–Trinajstić information content (AvgIpc) is 0.811. The van der Waals surface area contributed by atoms with Gasteiger partial charge in [0.15, 0.2) is 0 Å². The molecule has 2 N–H and O–H groups in total. The third kappa shape index (κ3) is 179. The van der Waals surface area contributed by atoms with Crippen LogP contribution in [-0.4, -0.2) is 16.4 Å². The molecular weight excluding hydrogens is 130 g/mol. The Bertz CT molecular complexity index is 42.8. The minimum atomic E-state index is -1.83. The van der Waals surface area contributed by atoms with Crippen LogP contribution in [0.25, 0.3) is 0 Å². The van der Waals surface area contributed by atoms with E-state index in [1.165, 1.54) is 0 Å². The van der Waals surface area contributed by atoms with Crippen LogP contribution in [0.3, 0.4) is 0 Å². The molecule has 0 heterocycles. The first-order valence-corrected chi connectivity index (χ1v) is 0.651. The fourth-order valence-electron chi connectivity index (χ4n) is 0. The van der Waals surface area contributed by atoms with Crippen molar-refractivity contribution in [3.8, 4) is 0 Å². The Morgan fingerprint density at radius 1 is 1.29 bits per heavy atom. The van der Waals surface area contributed by atoms with Crippen LogP contribution < -0.4 is 37.7 Å². The van der Waals surface area contributed by atoms with Crippen LogP contribution in [0.5, 0.6) is 0 Å². The zero-order valence-corrected chi connectivity index (χ0v) is 5.26. The second-order valence-electron chi connectivity index (χ2n) is 0.283. The summed E-state index contributed by atoms with van der Waals surface area (Å²) in [5, 5.41) is 13.9. The van der Waals surface area contributed by atoms with E-state index in [0.717, 1.165) is 0 Å². The number of carbonyl (C=O) groups is 1. The average molecular weight is 134 g/mol. The van der Waals surface area contributed by atoms with E-state index in [2.05, 4.69) is 0 Å². The Hall–Kier alpha value is 0.984. The van der Waals surface area contributed by atoms with E-state index in [1.807, 2.05) is 0 Å². The molecule has 0 aliphatic rings. The Labute approximate surface area is 78.6 Å². The summed E-state index contributed by atoms with van der Waals surface area (Å²) >= 11 is 0. The van der Waals surface area contributed by atoms with Crippen LogP contribution in [0.4, 0.5) is 4.79 Å². The maximum Gasteiger partial charge on any atom is 1.00 e. The molecule has 0 fully saturated rings. The minimum Gasteiger partial charge on any atom is -1.00 e. The molecule has 36 valence electrons. The Kier molecular flexibility index (Phi) is 55.2. The molecule has 0 aromatic rings. The molecule has 6 heteroatoms. The number of carboxylic acid groups (broad SMARTS) is 2. The summed E-state index contributed by atoms with van der Waals surface area (Å²) in [7, 11) is 0. The first kappa shape index (κ1) is 24.5. The van der Waals surface area contributed by atoms with Gasteiger partial charge in [-0.1, -0.05) is 0 Å². The monoisotopic (exact) mass is 134 g/mol. The molecule has 0 bridgehead atoms. The predicted octanol–water partition coefficient (Wildman–Crippen LogP) is -5.55. The molecule has 7 heavy (non-hydrogen) atoms. The summed E-state index contributed by atoms with van der Waals surface area (Å²) in [5.74, 6) is 0. The SMILES string of the molecule is O=C(O)O.[Fe].[H-].[H-].[Li+].[Li+]. The molecule has 0 saturated heterocycles. The van der Waals surface area contributed by atoms with Gasteiger partial charge in [-0.05, 0) is 0 Å². The predicted molar refractivity (Wildman–Crippen MR) is 12.9 cm³/mol. The first-order chi connectivity index (χ1) is 1.73. The molecule has 0 rings (SSSR count). The largest absolute Gasteiger partial charge is 1.00 e. The van der Waals surface area contributed by atoms with Gasteiger partial charge < -0.3 is 13.1 Å². The van der Waals surface area contributed by atoms with Crippen LogP contribution in [-0.2, 0) is 17.1 Å². The maximum absolute atomic E-state index is 8.56. The maximum atomic E-state index is 8.56. The van der Waals surface area contributed by atoms with Gasteiger partial charge in [0.1, 0.15) is 0 Å². The van der Waals surface area contributed by atoms with Crippen LogP contribution in [0, 0.1) is 0 Å². The van der Waals surface area contributed by atoms with E-state index < -0.39 is 6.16 Å². The van der Waals surface area contributed by atoms with Gasteiger partial charge in [0.2, 0.25) is 0 Å². The molecule has 0 aromatic heterocycles. The summed E-state index contributed by atoms with van der Waals surface area (Å²) in [5.41, 5.74) is 0. The van der Waals surface area contributed by atoms with E-state index in [4.69, 9.17) is 15.0 Å². The topological polar surface area (TPSA) is 57.5 Å². The Morgan fingerprint density at radius 3 is 1.29 bits per heavy atom. The second-order valence-corrected chi connectivity index (χ2v) is 0.283. The minimum absolute atomic E-state index is 0. The van der Waals surface area contributed by atoms with Gasteiger partial charge in [-0.15, -0.1) is 0 Å². The van der Waals surface area contributed by atoms with E-state index in [9.17, 15) is 0 Å². The van der Waals surface area contributed by atoms with E-state index in [1.54, 1.807) is 0 Å². The van der Waals surface area contributed by atoms with Gasteiger partial charge in [-0.2, -0.15) is 0 Å². The van der Waals surface area contributed by atoms with Crippen molar-refractivity contribution in [1.29, 1.82) is 0 Å². The molecule has 0 aromatic carbocycles. The van der Waals surface area contributed by atoms with Crippen molar-refractivity contribution in [3.63, 3.8) is 0 Å². The van der Waals surface area contributed by atoms with E-state index >= 15 is 0 Å². The van der Waals surface area contributed by atoms with Crippen LogP contribution in [0.2, 0.25) is 0 Å². The standard InChI is InChI=1S/CH2O3.Fe.2Li.2H/c2-1(3)4;;;;;/h(H2,2,3,4);;;;;/q;;2*+1;2*-1. The fraction of sp³-hybridized carbons (Fsp3) is 0. The van der Waals surface area contributed by atoms with Gasteiger partial charge in [-0.3, -0.25) is 0 Å². The third-order valence-corrected chi connectivity index (χ3v) is 0. The molecule has 0 spiro atoms. The van der Waals surface area contributed by atoms with Gasteiger partial charge >= 0.3 is 43.9 Å². The molecule has 3 nitrogen and oxygen atoms in total. The number of hydrogen-bond donors (Lipinski definition) is 2. The molecule has 0 atom stereocenters. The molecule has 0 saturated carbocycles. The van der Waals surface area contributed by atoms with Crippen molar-refractivity contribution in [2.75, 3.05) is 0 Å². The van der Waals surface area contributed by atoms with Crippen molar-refractivity contribution >= 4 is 6.16 Å². The second kappa shape index (κ2) is 15.8. The van der Waals surface area contributed by atoms with Crippen LogP contribution in [0.15, 0.2) is 0 Å². The molecule has 0 amide bonds. The van der Waals surface area contributed by atoms with Crippen molar-refractivity contribution in [2.24, 2.45) is 0 Å². The zero-order chi connectivity index (χ0) is 3.58. The molecular formula is CH4FeLi2O3. The fourth-order valence-corrected chi connectivity index (χ4v) is 0. The summed E-state index contributed by atoms with van der Waals surface area (Å²) in [6.45, 7) is 0. The number of hydrogen-bond acceptors (Lipinski definition) is 1. The van der Waals surface area contributed by atoms with Crippen LogP contribution in [0.1, 0.15) is 2.85 Å². The Balaban J connectivity index is -0.00000000450. The van der Waals surface area contributed by atoms with E-state index in [-0.39, 0.29) is 57.6 Å². The molecule has 0 aliphatic carbocycles. The molecule has 0 unspecified atom stereocenters. The van der Waals surface area contributed by atoms with Crippen molar-refractivity contribution in [3.05, 3.63) is 0 Å². The van der Waals surface area contributed by atoms with E-state index in [0.29, 0.717) is 0 Å². The van der Waals surface area contributed by atoms with Crippen molar-refractivity contribution in [1.82, 2.24) is 0 Å². The summed E-state index contributed by atoms with van der Waals surface area (Å²) < 4.78 is 0. The molecule has 0 radical (unpaired) electrons. The quantitative estimate of drug-likeness (QED) is 0.325. The van der Waals surface area contributed by atoms with Gasteiger partial charge in [0.25, 0.3) is 0 Å².